The summed E-state index contributed by atoms with van der Waals surface area (Å²) in [6, 6.07) is -0.918. The number of thioether (sulfide) groups is 1. The molecule has 0 spiro atoms. The number of hydrogen-bond donors (Lipinski definition) is 2. The van der Waals surface area contributed by atoms with Crippen LogP contribution in [-0.4, -0.2) is 70.8 Å². The summed E-state index contributed by atoms with van der Waals surface area (Å²) in [5, 5.41) is 12.2. The van der Waals surface area contributed by atoms with Crippen LogP contribution in [0.25, 0.3) is 0 Å². The summed E-state index contributed by atoms with van der Waals surface area (Å²) in [6.07, 6.45) is 2.21. The number of urea groups is 1. The molecule has 1 heterocycles. The smallest absolute Gasteiger partial charge is 0.327 e. The first-order valence-corrected chi connectivity index (χ1v) is 8.18. The Morgan fingerprint density at radius 3 is 2.70 bits per heavy atom. The first-order valence-electron chi connectivity index (χ1n) is 7.13. The van der Waals surface area contributed by atoms with E-state index in [1.165, 1.54) is 0 Å². The Balaban J connectivity index is 1.91. The zero-order valence-corrected chi connectivity index (χ0v) is 12.9. The number of carboxylic acid groups (broad SMARTS) is 1. The lowest BCUT2D eigenvalue weighted by atomic mass is 10.2. The highest BCUT2D eigenvalue weighted by Gasteiger charge is 2.47. The van der Waals surface area contributed by atoms with Crippen LogP contribution in [0.2, 0.25) is 0 Å². The molecule has 2 atom stereocenters. The molecule has 1 saturated heterocycles. The predicted molar refractivity (Wildman–Crippen MR) is 78.8 cm³/mol. The highest BCUT2D eigenvalue weighted by Crippen LogP contribution is 2.45. The summed E-state index contributed by atoms with van der Waals surface area (Å²) < 4.78 is 0. The first-order chi connectivity index (χ1) is 9.54. The van der Waals surface area contributed by atoms with Crippen LogP contribution >= 0.6 is 11.8 Å². The number of carbonyl (C=O) groups is 2. The molecule has 114 valence electrons. The van der Waals surface area contributed by atoms with Crippen molar-refractivity contribution in [3.05, 3.63) is 0 Å². The molecule has 2 fully saturated rings. The van der Waals surface area contributed by atoms with E-state index in [-0.39, 0.29) is 11.4 Å². The Morgan fingerprint density at radius 1 is 1.45 bits per heavy atom. The Labute approximate surface area is 123 Å². The maximum atomic E-state index is 12.3. The van der Waals surface area contributed by atoms with E-state index in [0.29, 0.717) is 18.2 Å². The minimum Gasteiger partial charge on any atom is -0.480 e. The van der Waals surface area contributed by atoms with Crippen LogP contribution in [0.1, 0.15) is 19.8 Å². The van der Waals surface area contributed by atoms with Crippen molar-refractivity contribution in [3.63, 3.8) is 0 Å². The molecule has 2 amide bonds. The second kappa shape index (κ2) is 6.67. The van der Waals surface area contributed by atoms with Crippen LogP contribution in [-0.2, 0) is 4.79 Å². The van der Waals surface area contributed by atoms with E-state index in [1.807, 2.05) is 7.05 Å². The molecule has 6 nitrogen and oxygen atoms in total. The number of amides is 2. The zero-order valence-electron chi connectivity index (χ0n) is 12.0. The maximum Gasteiger partial charge on any atom is 0.327 e. The third kappa shape index (κ3) is 3.58. The molecule has 2 unspecified atom stereocenters. The Kier molecular flexibility index (Phi) is 5.15. The van der Waals surface area contributed by atoms with Crippen LogP contribution in [0.5, 0.6) is 0 Å². The molecule has 2 aliphatic rings. The van der Waals surface area contributed by atoms with Crippen LogP contribution in [0.15, 0.2) is 0 Å². The predicted octanol–water partition coefficient (Wildman–Crippen LogP) is 0.886. The highest BCUT2D eigenvalue weighted by atomic mass is 32.2. The lowest BCUT2D eigenvalue weighted by Gasteiger charge is -2.28. The third-order valence-corrected chi connectivity index (χ3v) is 5.35. The molecule has 2 rings (SSSR count). The van der Waals surface area contributed by atoms with E-state index in [1.54, 1.807) is 16.7 Å². The average Bonchev–Trinajstić information content (AvgIpc) is 3.16. The quantitative estimate of drug-likeness (QED) is 0.762. The van der Waals surface area contributed by atoms with Gasteiger partial charge in [0.25, 0.3) is 0 Å². The van der Waals surface area contributed by atoms with Gasteiger partial charge in [-0.2, -0.15) is 0 Å². The molecule has 0 aromatic rings. The van der Waals surface area contributed by atoms with Gasteiger partial charge in [-0.05, 0) is 32.4 Å². The fraction of sp³-hybridized carbons (Fsp3) is 0.846. The number of aliphatic carboxylic acids is 1. The molecule has 20 heavy (non-hydrogen) atoms. The van der Waals surface area contributed by atoms with Crippen LogP contribution < -0.4 is 5.32 Å². The zero-order chi connectivity index (χ0) is 14.7. The van der Waals surface area contributed by atoms with Crippen molar-refractivity contribution in [2.24, 2.45) is 5.92 Å². The van der Waals surface area contributed by atoms with Gasteiger partial charge < -0.3 is 15.3 Å². The highest BCUT2D eigenvalue weighted by molar-refractivity contribution is 8.00. The average molecular weight is 301 g/mol. The van der Waals surface area contributed by atoms with E-state index < -0.39 is 12.0 Å². The van der Waals surface area contributed by atoms with Gasteiger partial charge in [0.15, 0.2) is 0 Å². The minimum atomic E-state index is -0.901. The number of carboxylic acids is 1. The largest absolute Gasteiger partial charge is 0.480 e. The third-order valence-electron chi connectivity index (χ3n) is 3.89. The van der Waals surface area contributed by atoms with Crippen molar-refractivity contribution >= 4 is 23.8 Å². The molecule has 7 heteroatoms. The Hall–Kier alpha value is -0.950. The van der Waals surface area contributed by atoms with Gasteiger partial charge in [-0.25, -0.2) is 9.59 Å². The van der Waals surface area contributed by atoms with Gasteiger partial charge >= 0.3 is 12.0 Å². The summed E-state index contributed by atoms with van der Waals surface area (Å²) in [5.74, 6) is 0.0774. The SMILES string of the molecule is CCN(C)CCNC(=O)N1C(C(=O)O)CSC1C1CC1. The summed E-state index contributed by atoms with van der Waals surface area (Å²) >= 11 is 1.60. The molecular weight excluding hydrogens is 278 g/mol. The summed E-state index contributed by atoms with van der Waals surface area (Å²) in [6.45, 7) is 4.31. The van der Waals surface area contributed by atoms with Gasteiger partial charge in [-0.1, -0.05) is 6.92 Å². The van der Waals surface area contributed by atoms with Crippen LogP contribution in [0.3, 0.4) is 0 Å². The van der Waals surface area contributed by atoms with Crippen LogP contribution in [0, 0.1) is 5.92 Å². The van der Waals surface area contributed by atoms with Crippen molar-refractivity contribution in [2.45, 2.75) is 31.2 Å². The van der Waals surface area contributed by atoms with Gasteiger partial charge in [0.05, 0.1) is 5.37 Å². The summed E-state index contributed by atoms with van der Waals surface area (Å²) in [5.41, 5.74) is 0. The minimum absolute atomic E-state index is 0.0417. The lowest BCUT2D eigenvalue weighted by molar-refractivity contribution is -0.141. The van der Waals surface area contributed by atoms with Crippen LogP contribution in [0.4, 0.5) is 4.79 Å². The molecule has 0 radical (unpaired) electrons. The Morgan fingerprint density at radius 2 is 2.15 bits per heavy atom. The molecule has 0 bridgehead atoms. The standard InChI is InChI=1S/C13H23N3O3S/c1-3-15(2)7-6-14-13(19)16-10(12(17)18)8-20-11(16)9-4-5-9/h9-11H,3-8H2,1-2H3,(H,14,19)(H,17,18). The number of rotatable bonds is 6. The molecule has 0 aromatic heterocycles. The number of likely N-dealkylation sites (N-methyl/N-ethyl adjacent to an activating group) is 1. The second-order valence-electron chi connectivity index (χ2n) is 5.45. The fourth-order valence-electron chi connectivity index (χ4n) is 2.32. The molecule has 1 aliphatic carbocycles. The number of carbonyl (C=O) groups excluding carboxylic acids is 1. The van der Waals surface area contributed by atoms with Gasteiger partial charge in [-0.3, -0.25) is 4.90 Å². The van der Waals surface area contributed by atoms with Crippen molar-refractivity contribution < 1.29 is 14.7 Å². The molecule has 2 N–H and O–H groups in total. The number of nitrogens with one attached hydrogen (secondary N) is 1. The van der Waals surface area contributed by atoms with E-state index in [4.69, 9.17) is 0 Å². The Bertz CT molecular complexity index is 376. The van der Waals surface area contributed by atoms with E-state index in [2.05, 4.69) is 17.1 Å². The van der Waals surface area contributed by atoms with Crippen molar-refractivity contribution in [3.8, 4) is 0 Å². The number of nitrogens with zero attached hydrogens (tertiary/aromatic N) is 2. The monoisotopic (exact) mass is 301 g/mol. The van der Waals surface area contributed by atoms with E-state index >= 15 is 0 Å². The summed E-state index contributed by atoms with van der Waals surface area (Å²) in [7, 11) is 1.99. The summed E-state index contributed by atoms with van der Waals surface area (Å²) in [4.78, 5) is 27.2. The molecule has 1 aliphatic heterocycles. The maximum absolute atomic E-state index is 12.3. The van der Waals surface area contributed by atoms with Crippen molar-refractivity contribution in [2.75, 3.05) is 32.4 Å². The van der Waals surface area contributed by atoms with Crippen molar-refractivity contribution in [1.29, 1.82) is 0 Å². The molecule has 1 saturated carbocycles. The second-order valence-corrected chi connectivity index (χ2v) is 6.60. The number of hydrogen-bond acceptors (Lipinski definition) is 4. The lowest BCUT2D eigenvalue weighted by Crippen LogP contribution is -2.51. The van der Waals surface area contributed by atoms with Gasteiger partial charge in [0, 0.05) is 18.8 Å². The van der Waals surface area contributed by atoms with E-state index in [0.717, 1.165) is 25.9 Å². The molecule has 0 aromatic carbocycles. The normalized spacial score (nSPS) is 26.1. The first kappa shape index (κ1) is 15.4. The topological polar surface area (TPSA) is 72.9 Å². The van der Waals surface area contributed by atoms with Crippen molar-refractivity contribution in [1.82, 2.24) is 15.1 Å². The molecular formula is C13H23N3O3S. The fourth-order valence-corrected chi connectivity index (χ4v) is 3.95. The van der Waals surface area contributed by atoms with Gasteiger partial charge in [-0.15, -0.1) is 11.8 Å². The van der Waals surface area contributed by atoms with Gasteiger partial charge in [0.2, 0.25) is 0 Å². The van der Waals surface area contributed by atoms with Gasteiger partial charge in [0.1, 0.15) is 6.04 Å². The van der Waals surface area contributed by atoms with E-state index in [9.17, 15) is 14.7 Å².